The zero-order valence-corrected chi connectivity index (χ0v) is 18.5. The molecule has 1 N–H and O–H groups in total. The van der Waals surface area contributed by atoms with E-state index in [9.17, 15) is 13.2 Å². The second-order valence-corrected chi connectivity index (χ2v) is 9.30. The van der Waals surface area contributed by atoms with Gasteiger partial charge in [-0.1, -0.05) is 31.2 Å². The molecule has 0 aliphatic heterocycles. The van der Waals surface area contributed by atoms with Crippen LogP contribution >= 0.6 is 0 Å². The number of sulfonamides is 1. The molecule has 1 atom stereocenters. The molecule has 0 aliphatic carbocycles. The van der Waals surface area contributed by atoms with E-state index >= 15 is 0 Å². The number of benzene rings is 2. The number of hydrogen-bond donors (Lipinski definition) is 1. The first-order chi connectivity index (χ1) is 13.7. The summed E-state index contributed by atoms with van der Waals surface area (Å²) in [5.74, 6) is 0.471. The topological polar surface area (TPSA) is 75.7 Å². The maximum Gasteiger partial charge on any atom is 0.242 e. The highest BCUT2D eigenvalue weighted by Gasteiger charge is 2.19. The van der Waals surface area contributed by atoms with Gasteiger partial charge in [0.1, 0.15) is 5.75 Å². The van der Waals surface area contributed by atoms with Gasteiger partial charge in [-0.2, -0.15) is 0 Å². The van der Waals surface area contributed by atoms with Gasteiger partial charge in [-0.25, -0.2) is 12.7 Å². The van der Waals surface area contributed by atoms with E-state index in [-0.39, 0.29) is 23.3 Å². The van der Waals surface area contributed by atoms with Crippen LogP contribution in [0.4, 0.5) is 0 Å². The number of hydrogen-bond acceptors (Lipinski definition) is 4. The van der Waals surface area contributed by atoms with Crippen molar-refractivity contribution < 1.29 is 17.9 Å². The largest absolute Gasteiger partial charge is 0.496 e. The predicted octanol–water partition coefficient (Wildman–Crippen LogP) is 3.32. The summed E-state index contributed by atoms with van der Waals surface area (Å²) in [4.78, 5) is 12.6. The van der Waals surface area contributed by atoms with Gasteiger partial charge in [0.2, 0.25) is 15.9 Å². The van der Waals surface area contributed by atoms with E-state index in [0.29, 0.717) is 17.7 Å². The SMILES string of the molecule is CCc1ccc([C@H](C)NC(=O)CCc2cc(S(=O)(=O)N(C)C)ccc2OC)cc1. The van der Waals surface area contributed by atoms with Crippen molar-refractivity contribution in [2.45, 2.75) is 44.0 Å². The predicted molar refractivity (Wildman–Crippen MR) is 115 cm³/mol. The zero-order chi connectivity index (χ0) is 21.6. The summed E-state index contributed by atoms with van der Waals surface area (Å²) in [5, 5.41) is 3.00. The Kier molecular flexibility index (Phi) is 7.81. The molecule has 0 unspecified atom stereocenters. The van der Waals surface area contributed by atoms with Crippen LogP contribution in [0.25, 0.3) is 0 Å². The number of carbonyl (C=O) groups excluding carboxylic acids is 1. The minimum Gasteiger partial charge on any atom is -0.496 e. The number of carbonyl (C=O) groups is 1. The van der Waals surface area contributed by atoms with Crippen LogP contribution in [0.1, 0.15) is 43.0 Å². The van der Waals surface area contributed by atoms with Gasteiger partial charge in [-0.3, -0.25) is 4.79 Å². The van der Waals surface area contributed by atoms with E-state index in [0.717, 1.165) is 16.3 Å². The smallest absolute Gasteiger partial charge is 0.242 e. The number of methoxy groups -OCH3 is 1. The molecule has 158 valence electrons. The average Bonchev–Trinajstić information content (AvgIpc) is 2.71. The van der Waals surface area contributed by atoms with Crippen LogP contribution in [0.2, 0.25) is 0 Å². The van der Waals surface area contributed by atoms with Crippen molar-refractivity contribution in [3.8, 4) is 5.75 Å². The van der Waals surface area contributed by atoms with E-state index < -0.39 is 10.0 Å². The lowest BCUT2D eigenvalue weighted by Gasteiger charge is -2.16. The fourth-order valence-corrected chi connectivity index (χ4v) is 3.96. The van der Waals surface area contributed by atoms with Crippen LogP contribution in [0, 0.1) is 0 Å². The second-order valence-electron chi connectivity index (χ2n) is 7.15. The van der Waals surface area contributed by atoms with Crippen molar-refractivity contribution >= 4 is 15.9 Å². The minimum absolute atomic E-state index is 0.0972. The standard InChI is InChI=1S/C22H30N2O4S/c1-6-17-7-9-18(10-8-17)16(2)23-22(25)14-11-19-15-20(12-13-21(19)28-5)29(26,27)24(3)4/h7-10,12-13,15-16H,6,11,14H2,1-5H3,(H,23,25)/t16-/m0/s1. The van der Waals surface area contributed by atoms with Gasteiger partial charge in [0.15, 0.2) is 0 Å². The number of nitrogens with one attached hydrogen (secondary N) is 1. The van der Waals surface area contributed by atoms with Crippen LogP contribution in [-0.4, -0.2) is 39.8 Å². The first-order valence-corrected chi connectivity index (χ1v) is 11.1. The molecule has 6 nitrogen and oxygen atoms in total. The second kappa shape index (κ2) is 9.89. The molecule has 1 amide bonds. The van der Waals surface area contributed by atoms with Crippen LogP contribution in [0.5, 0.6) is 5.75 Å². The summed E-state index contributed by atoms with van der Waals surface area (Å²) in [6.45, 7) is 4.05. The molecule has 29 heavy (non-hydrogen) atoms. The molecule has 0 heterocycles. The Labute approximate surface area is 173 Å². The Morgan fingerprint density at radius 2 is 1.79 bits per heavy atom. The van der Waals surface area contributed by atoms with Gasteiger partial charge in [0.25, 0.3) is 0 Å². The van der Waals surface area contributed by atoms with Crippen molar-refractivity contribution in [2.75, 3.05) is 21.2 Å². The summed E-state index contributed by atoms with van der Waals surface area (Å²) in [6, 6.07) is 12.8. The lowest BCUT2D eigenvalue weighted by Crippen LogP contribution is -2.27. The Balaban J connectivity index is 2.06. The molecule has 7 heteroatoms. The van der Waals surface area contributed by atoms with Crippen LogP contribution < -0.4 is 10.1 Å². The van der Waals surface area contributed by atoms with Crippen molar-refractivity contribution in [1.82, 2.24) is 9.62 Å². The molecular weight excluding hydrogens is 388 g/mol. The molecule has 0 spiro atoms. The van der Waals surface area contributed by atoms with Gasteiger partial charge < -0.3 is 10.1 Å². The zero-order valence-electron chi connectivity index (χ0n) is 17.7. The maximum atomic E-state index is 12.4. The molecule has 0 fully saturated rings. The third kappa shape index (κ3) is 5.81. The van der Waals surface area contributed by atoms with E-state index in [1.54, 1.807) is 12.1 Å². The van der Waals surface area contributed by atoms with Crippen molar-refractivity contribution in [3.63, 3.8) is 0 Å². The molecule has 2 rings (SSSR count). The number of aryl methyl sites for hydroxylation is 2. The van der Waals surface area contributed by atoms with Crippen LogP contribution in [-0.2, 0) is 27.7 Å². The summed E-state index contributed by atoms with van der Waals surface area (Å²) in [7, 11) is 0.957. The Morgan fingerprint density at radius 3 is 2.34 bits per heavy atom. The van der Waals surface area contributed by atoms with Crippen LogP contribution in [0.3, 0.4) is 0 Å². The van der Waals surface area contributed by atoms with E-state index in [4.69, 9.17) is 4.74 Å². The highest BCUT2D eigenvalue weighted by atomic mass is 32.2. The van der Waals surface area contributed by atoms with E-state index in [1.165, 1.54) is 32.8 Å². The molecule has 0 aliphatic rings. The first-order valence-electron chi connectivity index (χ1n) is 9.66. The summed E-state index contributed by atoms with van der Waals surface area (Å²) >= 11 is 0. The monoisotopic (exact) mass is 418 g/mol. The third-order valence-electron chi connectivity index (χ3n) is 4.92. The molecule has 0 saturated heterocycles. The Bertz CT molecular complexity index is 938. The molecule has 2 aromatic rings. The van der Waals surface area contributed by atoms with Gasteiger partial charge in [0, 0.05) is 20.5 Å². The van der Waals surface area contributed by atoms with Crippen LogP contribution in [0.15, 0.2) is 47.4 Å². The number of ether oxygens (including phenoxy) is 1. The van der Waals surface area contributed by atoms with Gasteiger partial charge in [-0.05, 0) is 54.7 Å². The number of rotatable bonds is 9. The number of amides is 1. The molecule has 2 aromatic carbocycles. The fraction of sp³-hybridized carbons (Fsp3) is 0.409. The molecule has 0 radical (unpaired) electrons. The van der Waals surface area contributed by atoms with Gasteiger partial charge >= 0.3 is 0 Å². The van der Waals surface area contributed by atoms with Crippen molar-refractivity contribution in [2.24, 2.45) is 0 Å². The molecule has 0 bridgehead atoms. The van der Waals surface area contributed by atoms with Crippen molar-refractivity contribution in [1.29, 1.82) is 0 Å². The minimum atomic E-state index is -3.55. The summed E-state index contributed by atoms with van der Waals surface area (Å²) < 4.78 is 31.3. The molecule has 0 aromatic heterocycles. The number of nitrogens with zero attached hydrogens (tertiary/aromatic N) is 1. The van der Waals surface area contributed by atoms with Gasteiger partial charge in [0.05, 0.1) is 18.0 Å². The highest BCUT2D eigenvalue weighted by molar-refractivity contribution is 7.89. The molecular formula is C22H30N2O4S. The third-order valence-corrected chi connectivity index (χ3v) is 6.73. The van der Waals surface area contributed by atoms with Crippen molar-refractivity contribution in [3.05, 3.63) is 59.2 Å². The quantitative estimate of drug-likeness (QED) is 0.678. The lowest BCUT2D eigenvalue weighted by molar-refractivity contribution is -0.121. The summed E-state index contributed by atoms with van der Waals surface area (Å²) in [5.41, 5.74) is 2.99. The van der Waals surface area contributed by atoms with E-state index in [1.807, 2.05) is 19.1 Å². The lowest BCUT2D eigenvalue weighted by atomic mass is 10.0. The van der Waals surface area contributed by atoms with Gasteiger partial charge in [-0.15, -0.1) is 0 Å². The fourth-order valence-electron chi connectivity index (χ4n) is 3.01. The Morgan fingerprint density at radius 1 is 1.14 bits per heavy atom. The normalized spacial score (nSPS) is 12.6. The summed E-state index contributed by atoms with van der Waals surface area (Å²) in [6.07, 6.45) is 1.60. The Hall–Kier alpha value is -2.38. The van der Waals surface area contributed by atoms with E-state index in [2.05, 4.69) is 24.4 Å². The highest BCUT2D eigenvalue weighted by Crippen LogP contribution is 2.25. The molecule has 0 saturated carbocycles. The first kappa shape index (κ1) is 22.9. The average molecular weight is 419 g/mol. The maximum absolute atomic E-state index is 12.4.